The van der Waals surface area contributed by atoms with E-state index >= 15 is 0 Å². The lowest BCUT2D eigenvalue weighted by Gasteiger charge is -1.88. The summed E-state index contributed by atoms with van der Waals surface area (Å²) in [5.74, 6) is 0.830. The van der Waals surface area contributed by atoms with Gasteiger partial charge in [-0.2, -0.15) is 0 Å². The van der Waals surface area contributed by atoms with Crippen molar-refractivity contribution in [3.63, 3.8) is 0 Å². The van der Waals surface area contributed by atoms with Gasteiger partial charge in [0, 0.05) is 5.88 Å². The molecular weight excluding hydrogens is 222 g/mol. The summed E-state index contributed by atoms with van der Waals surface area (Å²) in [6.45, 7) is 0. The lowest BCUT2D eigenvalue weighted by Crippen LogP contribution is -1.76. The zero-order valence-electron chi connectivity index (χ0n) is 4.29. The van der Waals surface area contributed by atoms with E-state index in [1.807, 2.05) is 0 Å². The summed E-state index contributed by atoms with van der Waals surface area (Å²) in [5, 5.41) is 0. The molecular formula is C5H10ClI. The molecule has 0 nitrogen and oxygen atoms in total. The zero-order chi connectivity index (χ0) is 5.54. The fourth-order valence-electron chi connectivity index (χ4n) is 0.366. The van der Waals surface area contributed by atoms with Crippen molar-refractivity contribution in [2.45, 2.75) is 19.3 Å². The predicted molar refractivity (Wildman–Crippen MR) is 43.5 cm³/mol. The van der Waals surface area contributed by atoms with Crippen molar-refractivity contribution in [2.75, 3.05) is 10.3 Å². The largest absolute Gasteiger partial charge is 0.127 e. The minimum atomic E-state index is 0.830. The lowest BCUT2D eigenvalue weighted by atomic mass is 10.3. The Morgan fingerprint density at radius 3 is 2.29 bits per heavy atom. The molecule has 0 atom stereocenters. The second-order valence-electron chi connectivity index (χ2n) is 1.44. The molecule has 0 radical (unpaired) electrons. The maximum atomic E-state index is 5.43. The highest BCUT2D eigenvalue weighted by Crippen LogP contribution is 1.99. The standard InChI is InChI=1S/C5H10ClI/c6-4-2-1-3-5-7/h1-5H2. The van der Waals surface area contributed by atoms with Gasteiger partial charge >= 0.3 is 0 Å². The molecule has 0 aliphatic heterocycles. The monoisotopic (exact) mass is 232 g/mol. The van der Waals surface area contributed by atoms with Gasteiger partial charge in [0.2, 0.25) is 0 Å². The fraction of sp³-hybridized carbons (Fsp3) is 1.00. The van der Waals surface area contributed by atoms with Crippen molar-refractivity contribution in [1.82, 2.24) is 0 Å². The van der Waals surface area contributed by atoms with Crippen molar-refractivity contribution >= 4 is 34.2 Å². The molecule has 0 saturated carbocycles. The number of alkyl halides is 2. The molecule has 0 fully saturated rings. The van der Waals surface area contributed by atoms with Crippen molar-refractivity contribution in [1.29, 1.82) is 0 Å². The van der Waals surface area contributed by atoms with E-state index in [0.717, 1.165) is 5.88 Å². The Hall–Kier alpha value is 1.02. The van der Waals surface area contributed by atoms with Gasteiger partial charge in [-0.05, 0) is 17.3 Å². The van der Waals surface area contributed by atoms with Crippen molar-refractivity contribution in [3.8, 4) is 0 Å². The third kappa shape index (κ3) is 7.02. The van der Waals surface area contributed by atoms with Gasteiger partial charge in [0.25, 0.3) is 0 Å². The second kappa shape index (κ2) is 7.02. The number of rotatable bonds is 4. The first kappa shape index (κ1) is 8.02. The van der Waals surface area contributed by atoms with Crippen molar-refractivity contribution in [2.24, 2.45) is 0 Å². The van der Waals surface area contributed by atoms with Gasteiger partial charge in [-0.15, -0.1) is 11.6 Å². The zero-order valence-corrected chi connectivity index (χ0v) is 7.20. The summed E-state index contributed by atoms with van der Waals surface area (Å²) >= 11 is 7.82. The molecule has 0 heterocycles. The molecule has 0 N–H and O–H groups in total. The van der Waals surface area contributed by atoms with Crippen molar-refractivity contribution < 1.29 is 0 Å². The Kier molecular flexibility index (Phi) is 8.04. The Morgan fingerprint density at radius 2 is 1.86 bits per heavy atom. The third-order valence-corrected chi connectivity index (χ3v) is 1.80. The highest BCUT2D eigenvalue weighted by Gasteiger charge is 1.82. The van der Waals surface area contributed by atoms with Gasteiger partial charge in [-0.3, -0.25) is 0 Å². The van der Waals surface area contributed by atoms with E-state index in [9.17, 15) is 0 Å². The Morgan fingerprint density at radius 1 is 1.14 bits per heavy atom. The molecule has 0 aromatic rings. The molecule has 0 aliphatic carbocycles. The van der Waals surface area contributed by atoms with E-state index in [-0.39, 0.29) is 0 Å². The van der Waals surface area contributed by atoms with E-state index in [1.54, 1.807) is 0 Å². The Balaban J connectivity index is 2.45. The average Bonchev–Trinajstić information content (AvgIpc) is 1.69. The summed E-state index contributed by atoms with van der Waals surface area (Å²) < 4.78 is 1.27. The van der Waals surface area contributed by atoms with Crippen molar-refractivity contribution in [3.05, 3.63) is 0 Å². The maximum absolute atomic E-state index is 5.43. The van der Waals surface area contributed by atoms with Gasteiger partial charge in [-0.25, -0.2) is 0 Å². The number of hydrogen-bond donors (Lipinski definition) is 0. The molecule has 44 valence electrons. The molecule has 0 bridgehead atoms. The van der Waals surface area contributed by atoms with Gasteiger partial charge in [-0.1, -0.05) is 29.0 Å². The second-order valence-corrected chi connectivity index (χ2v) is 2.90. The summed E-state index contributed by atoms with van der Waals surface area (Å²) in [6, 6.07) is 0. The molecule has 0 amide bonds. The topological polar surface area (TPSA) is 0 Å². The number of halogens is 2. The molecule has 7 heavy (non-hydrogen) atoms. The van der Waals surface area contributed by atoms with Crippen LogP contribution in [-0.2, 0) is 0 Å². The number of unbranched alkanes of at least 4 members (excludes halogenated alkanes) is 2. The summed E-state index contributed by atoms with van der Waals surface area (Å²) in [5.41, 5.74) is 0. The Bertz CT molecular complexity index is 27.3. The van der Waals surface area contributed by atoms with E-state index < -0.39 is 0 Å². The molecule has 0 aromatic heterocycles. The predicted octanol–water partition coefficient (Wildman–Crippen LogP) is 2.83. The van der Waals surface area contributed by atoms with Crippen LogP contribution < -0.4 is 0 Å². The third-order valence-electron chi connectivity index (χ3n) is 0.767. The van der Waals surface area contributed by atoms with Gasteiger partial charge in [0.1, 0.15) is 0 Å². The summed E-state index contributed by atoms with van der Waals surface area (Å²) in [6.07, 6.45) is 3.81. The van der Waals surface area contributed by atoms with Crippen LogP contribution in [0.25, 0.3) is 0 Å². The highest BCUT2D eigenvalue weighted by molar-refractivity contribution is 14.1. The molecule has 2 heteroatoms. The van der Waals surface area contributed by atoms with Crippen LogP contribution in [0.5, 0.6) is 0 Å². The molecule has 0 saturated heterocycles. The van der Waals surface area contributed by atoms with Crippen LogP contribution in [0.4, 0.5) is 0 Å². The number of hydrogen-bond acceptors (Lipinski definition) is 0. The van der Waals surface area contributed by atoms with Gasteiger partial charge in [0.05, 0.1) is 0 Å². The molecule has 0 aliphatic rings. The van der Waals surface area contributed by atoms with Crippen LogP contribution in [-0.4, -0.2) is 10.3 Å². The van der Waals surface area contributed by atoms with Crippen LogP contribution in [0.3, 0.4) is 0 Å². The highest BCUT2D eigenvalue weighted by atomic mass is 127. The molecule has 0 rings (SSSR count). The van der Waals surface area contributed by atoms with Crippen LogP contribution in [0, 0.1) is 0 Å². The van der Waals surface area contributed by atoms with Crippen LogP contribution in [0.2, 0.25) is 0 Å². The van der Waals surface area contributed by atoms with Gasteiger partial charge < -0.3 is 0 Å². The smallest absolute Gasteiger partial charge is 0.0223 e. The molecule has 0 aromatic carbocycles. The first-order valence-electron chi connectivity index (χ1n) is 2.53. The maximum Gasteiger partial charge on any atom is 0.0223 e. The molecule has 0 unspecified atom stereocenters. The normalized spacial score (nSPS) is 9.43. The minimum Gasteiger partial charge on any atom is -0.127 e. The van der Waals surface area contributed by atoms with Crippen LogP contribution >= 0.6 is 34.2 Å². The van der Waals surface area contributed by atoms with Crippen LogP contribution in [0.1, 0.15) is 19.3 Å². The first-order valence-corrected chi connectivity index (χ1v) is 4.59. The summed E-state index contributed by atoms with van der Waals surface area (Å²) in [4.78, 5) is 0. The lowest BCUT2D eigenvalue weighted by molar-refractivity contribution is 0.789. The SMILES string of the molecule is ClCCCCCI. The first-order chi connectivity index (χ1) is 3.41. The Labute approximate surface area is 63.8 Å². The quantitative estimate of drug-likeness (QED) is 0.397. The molecule has 0 spiro atoms. The summed E-state index contributed by atoms with van der Waals surface area (Å²) in [7, 11) is 0. The van der Waals surface area contributed by atoms with E-state index in [2.05, 4.69) is 22.6 Å². The minimum absolute atomic E-state index is 0.830. The van der Waals surface area contributed by atoms with E-state index in [0.29, 0.717) is 0 Å². The van der Waals surface area contributed by atoms with Gasteiger partial charge in [0.15, 0.2) is 0 Å². The van der Waals surface area contributed by atoms with E-state index in [4.69, 9.17) is 11.6 Å². The fourth-order valence-corrected chi connectivity index (χ4v) is 1.09. The average molecular weight is 232 g/mol. The van der Waals surface area contributed by atoms with Crippen LogP contribution in [0.15, 0.2) is 0 Å². The van der Waals surface area contributed by atoms with E-state index in [1.165, 1.54) is 23.7 Å².